The molecule has 224 valence electrons. The largest absolute Gasteiger partial charge is 0.309 e. The Balaban J connectivity index is 1.27. The van der Waals surface area contributed by atoms with Gasteiger partial charge in [-0.2, -0.15) is 0 Å². The van der Waals surface area contributed by atoms with E-state index in [9.17, 15) is 0 Å². The van der Waals surface area contributed by atoms with E-state index in [0.717, 1.165) is 0 Å². The highest BCUT2D eigenvalue weighted by Gasteiger charge is 2.25. The van der Waals surface area contributed by atoms with Crippen LogP contribution in [0.3, 0.4) is 0 Å². The zero-order valence-corrected chi connectivity index (χ0v) is 26.3. The summed E-state index contributed by atoms with van der Waals surface area (Å²) in [7, 11) is 0. The van der Waals surface area contributed by atoms with Crippen molar-refractivity contribution in [1.29, 1.82) is 0 Å². The van der Waals surface area contributed by atoms with Gasteiger partial charge < -0.3 is 13.4 Å². The molecule has 8 aromatic carbocycles. The van der Waals surface area contributed by atoms with E-state index in [2.05, 4.69) is 165 Å². The normalized spacial score (nSPS) is 12.9. The maximum atomic E-state index is 2.55. The summed E-state index contributed by atoms with van der Waals surface area (Å²) >= 11 is 0. The molecule has 0 amide bonds. The molecule has 5 heterocycles. The van der Waals surface area contributed by atoms with E-state index >= 15 is 0 Å². The van der Waals surface area contributed by atoms with Crippen LogP contribution in [0.25, 0.3) is 114 Å². The maximum absolute atomic E-state index is 2.55. The van der Waals surface area contributed by atoms with Crippen LogP contribution in [0.1, 0.15) is 0 Å². The highest BCUT2D eigenvalue weighted by atomic mass is 15.0. The van der Waals surface area contributed by atoms with Crippen LogP contribution in [0.2, 0.25) is 0 Å². The minimum Gasteiger partial charge on any atom is -0.309 e. The molecule has 0 bridgehead atoms. The first-order valence-electron chi connectivity index (χ1n) is 17.0. The molecule has 49 heavy (non-hydrogen) atoms. The number of hydrogen-bond acceptors (Lipinski definition) is 0. The lowest BCUT2D eigenvalue weighted by molar-refractivity contribution is 1.19. The summed E-state index contributed by atoms with van der Waals surface area (Å²) in [6.45, 7) is 0. The highest BCUT2D eigenvalue weighted by Crippen LogP contribution is 2.47. The van der Waals surface area contributed by atoms with E-state index in [1.165, 1.54) is 114 Å². The standard InChI is InChI=1S/C46H25N3/c1-2-11-27(12-3-1)47-38-19-7-6-14-29(38)33-22-23-39-42(46(33)47)35-18-9-17-32-36-24-37-31-16-8-15-30-34-21-20-26-10-4-5-13-28(26)43(34)49(44(30)31)41(37)25-40(36)48(39)45(32)35/h1-25H. The summed E-state index contributed by atoms with van der Waals surface area (Å²) < 4.78 is 7.57. The van der Waals surface area contributed by atoms with Gasteiger partial charge in [0, 0.05) is 64.9 Å². The fourth-order valence-electron chi connectivity index (χ4n) is 9.58. The molecule has 0 saturated carbocycles. The summed E-state index contributed by atoms with van der Waals surface area (Å²) in [6, 6.07) is 56.4. The predicted molar refractivity (Wildman–Crippen MR) is 208 cm³/mol. The average Bonchev–Trinajstić information content (AvgIpc) is 3.94. The molecule has 0 fully saturated rings. The van der Waals surface area contributed by atoms with Gasteiger partial charge in [-0.05, 0) is 41.8 Å². The molecule has 13 aromatic rings. The van der Waals surface area contributed by atoms with Gasteiger partial charge in [-0.25, -0.2) is 0 Å². The minimum atomic E-state index is 1.18. The first-order chi connectivity index (χ1) is 24.3. The van der Waals surface area contributed by atoms with E-state index in [1.54, 1.807) is 0 Å². The van der Waals surface area contributed by atoms with Crippen LogP contribution in [0.15, 0.2) is 152 Å². The molecule has 5 aromatic heterocycles. The Morgan fingerprint density at radius 2 is 0.857 bits per heavy atom. The molecule has 0 aliphatic rings. The Morgan fingerprint density at radius 1 is 0.286 bits per heavy atom. The van der Waals surface area contributed by atoms with Crippen molar-refractivity contribution in [1.82, 2.24) is 13.4 Å². The summed E-state index contributed by atoms with van der Waals surface area (Å²) in [5, 5.41) is 15.6. The Bertz CT molecular complexity index is 3540. The molecule has 0 aliphatic heterocycles. The number of hydrogen-bond donors (Lipinski definition) is 0. The Morgan fingerprint density at radius 3 is 1.69 bits per heavy atom. The predicted octanol–water partition coefficient (Wildman–Crippen LogP) is 12.2. The van der Waals surface area contributed by atoms with Gasteiger partial charge >= 0.3 is 0 Å². The first-order valence-corrected chi connectivity index (χ1v) is 17.0. The summed E-state index contributed by atoms with van der Waals surface area (Å²) in [5.41, 5.74) is 11.4. The molecular weight excluding hydrogens is 595 g/mol. The second-order valence-corrected chi connectivity index (χ2v) is 13.7. The molecule has 3 nitrogen and oxygen atoms in total. The average molecular weight is 620 g/mol. The van der Waals surface area contributed by atoms with Crippen molar-refractivity contribution in [2.75, 3.05) is 0 Å². The lowest BCUT2D eigenvalue weighted by Gasteiger charge is -2.09. The molecular formula is C46H25N3. The number of fused-ring (bicyclic) bond motifs is 18. The lowest BCUT2D eigenvalue weighted by atomic mass is 10.0. The van der Waals surface area contributed by atoms with E-state index in [-0.39, 0.29) is 0 Å². The van der Waals surface area contributed by atoms with Crippen molar-refractivity contribution in [2.24, 2.45) is 0 Å². The van der Waals surface area contributed by atoms with E-state index in [0.29, 0.717) is 0 Å². The molecule has 3 heteroatoms. The van der Waals surface area contributed by atoms with Crippen molar-refractivity contribution >= 4 is 109 Å². The molecule has 0 radical (unpaired) electrons. The van der Waals surface area contributed by atoms with Gasteiger partial charge in [-0.1, -0.05) is 115 Å². The fourth-order valence-corrected chi connectivity index (χ4v) is 9.58. The monoisotopic (exact) mass is 619 g/mol. The summed E-state index contributed by atoms with van der Waals surface area (Å²) in [6.07, 6.45) is 0. The maximum Gasteiger partial charge on any atom is 0.0641 e. The van der Waals surface area contributed by atoms with Crippen LogP contribution in [-0.4, -0.2) is 13.4 Å². The molecule has 0 unspecified atom stereocenters. The second kappa shape index (κ2) is 8.28. The summed E-state index contributed by atoms with van der Waals surface area (Å²) in [4.78, 5) is 0. The number of aromatic nitrogens is 3. The first kappa shape index (κ1) is 24.6. The smallest absolute Gasteiger partial charge is 0.0641 e. The summed E-state index contributed by atoms with van der Waals surface area (Å²) in [5.74, 6) is 0. The van der Waals surface area contributed by atoms with Gasteiger partial charge in [0.2, 0.25) is 0 Å². The van der Waals surface area contributed by atoms with Gasteiger partial charge in [0.15, 0.2) is 0 Å². The zero-order chi connectivity index (χ0) is 31.5. The quantitative estimate of drug-likeness (QED) is 0.174. The van der Waals surface area contributed by atoms with Crippen molar-refractivity contribution in [3.05, 3.63) is 152 Å². The molecule has 13 rings (SSSR count). The van der Waals surface area contributed by atoms with E-state index in [1.807, 2.05) is 0 Å². The molecule has 0 aliphatic carbocycles. The van der Waals surface area contributed by atoms with Gasteiger partial charge in [-0.15, -0.1) is 0 Å². The Hall–Kier alpha value is -6.58. The van der Waals surface area contributed by atoms with Crippen LogP contribution < -0.4 is 0 Å². The van der Waals surface area contributed by atoms with Crippen LogP contribution in [0.4, 0.5) is 0 Å². The SMILES string of the molecule is c1ccc(-n2c3ccccc3c3ccc4c(c5cccc6c7cc8c9cccc%10c%11ccc%12ccccc%12c%11n(c8cc7n4c65)c9%10)c32)cc1. The number of benzene rings is 8. The van der Waals surface area contributed by atoms with Gasteiger partial charge in [0.05, 0.1) is 44.1 Å². The van der Waals surface area contributed by atoms with Crippen LogP contribution in [0, 0.1) is 0 Å². The van der Waals surface area contributed by atoms with Crippen LogP contribution in [0.5, 0.6) is 0 Å². The van der Waals surface area contributed by atoms with E-state index in [4.69, 9.17) is 0 Å². The molecule has 0 N–H and O–H groups in total. The third kappa shape index (κ3) is 2.73. The fraction of sp³-hybridized carbons (Fsp3) is 0. The Kier molecular flexibility index (Phi) is 4.15. The third-order valence-corrected chi connectivity index (χ3v) is 11.4. The van der Waals surface area contributed by atoms with Crippen LogP contribution >= 0.6 is 0 Å². The van der Waals surface area contributed by atoms with Gasteiger partial charge in [0.25, 0.3) is 0 Å². The zero-order valence-electron chi connectivity index (χ0n) is 26.3. The van der Waals surface area contributed by atoms with Crippen molar-refractivity contribution in [3.63, 3.8) is 0 Å². The van der Waals surface area contributed by atoms with Crippen LogP contribution in [-0.2, 0) is 0 Å². The number of nitrogens with zero attached hydrogens (tertiary/aromatic N) is 3. The third-order valence-electron chi connectivity index (χ3n) is 11.4. The molecule has 0 spiro atoms. The molecule has 0 atom stereocenters. The second-order valence-electron chi connectivity index (χ2n) is 13.7. The lowest BCUT2D eigenvalue weighted by Crippen LogP contribution is -1.93. The number of rotatable bonds is 1. The topological polar surface area (TPSA) is 13.8 Å². The Labute approximate surface area is 278 Å². The molecule has 0 saturated heterocycles. The van der Waals surface area contributed by atoms with E-state index < -0.39 is 0 Å². The highest BCUT2D eigenvalue weighted by molar-refractivity contribution is 6.33. The van der Waals surface area contributed by atoms with Crippen molar-refractivity contribution in [3.8, 4) is 5.69 Å². The van der Waals surface area contributed by atoms with Gasteiger partial charge in [-0.3, -0.25) is 0 Å². The minimum absolute atomic E-state index is 1.18. The van der Waals surface area contributed by atoms with Crippen molar-refractivity contribution in [2.45, 2.75) is 0 Å². The van der Waals surface area contributed by atoms with Crippen molar-refractivity contribution < 1.29 is 0 Å². The number of para-hydroxylation sites is 4. The van der Waals surface area contributed by atoms with Gasteiger partial charge in [0.1, 0.15) is 0 Å².